The number of likely N-dealkylation sites (tertiary alicyclic amines) is 1. The molecular weight excluding hydrogens is 648 g/mol. The summed E-state index contributed by atoms with van der Waals surface area (Å²) >= 11 is 0. The molecule has 0 radical (unpaired) electrons. The van der Waals surface area contributed by atoms with E-state index in [1.165, 1.54) is 12.2 Å². The largest absolute Gasteiger partial charge is 0.462 e. The van der Waals surface area contributed by atoms with Gasteiger partial charge in [0.25, 0.3) is 0 Å². The molecule has 2 amide bonds. The van der Waals surface area contributed by atoms with E-state index >= 15 is 0 Å². The Bertz CT molecular complexity index is 1600. The average molecular weight is 693 g/mol. The summed E-state index contributed by atoms with van der Waals surface area (Å²) in [6.07, 6.45) is 6.65. The number of carbonyl (C=O) groups is 5. The Balaban J connectivity index is 1.07. The standard InChI is InChI=1S/C37H44N2O11/c1-36(2)20-46-35(45)31(36)48-29(41)13-8-21-5-3-6-22(17-21)34(44)47-27-18-23(33(43)39-15-4-7-26(39)32(42)38-14-16-40)19-28-30(27)50-37(49-28,24-9-10-24)25-11-12-25/h3,5-6,8,13,17,19,24-28,30-31,40H,4,7,9-12,14-16,18,20H2,1-2H3,(H,38,42)/t26-,27-,28-,30+,31+/m1/s1. The lowest BCUT2D eigenvalue weighted by molar-refractivity contribution is -0.209. The van der Waals surface area contributed by atoms with Crippen molar-refractivity contribution in [3.05, 3.63) is 53.1 Å². The van der Waals surface area contributed by atoms with E-state index in [4.69, 9.17) is 28.8 Å². The first-order chi connectivity index (χ1) is 24.0. The second kappa shape index (κ2) is 13.6. The van der Waals surface area contributed by atoms with E-state index in [-0.39, 0.29) is 55.4 Å². The molecule has 5 fully saturated rings. The highest BCUT2D eigenvalue weighted by Crippen LogP contribution is 2.59. The quantitative estimate of drug-likeness (QED) is 0.199. The first-order valence-corrected chi connectivity index (χ1v) is 17.6. The number of aliphatic hydroxyl groups excluding tert-OH is 1. The minimum Gasteiger partial charge on any atom is -0.462 e. The van der Waals surface area contributed by atoms with Gasteiger partial charge < -0.3 is 39.0 Å². The van der Waals surface area contributed by atoms with Gasteiger partial charge in [-0.2, -0.15) is 0 Å². The number of carbonyl (C=O) groups excluding carboxylic acids is 5. The van der Waals surface area contributed by atoms with E-state index in [0.29, 0.717) is 30.5 Å². The third-order valence-corrected chi connectivity index (χ3v) is 10.4. The van der Waals surface area contributed by atoms with E-state index in [1.807, 2.05) is 0 Å². The molecule has 0 unspecified atom stereocenters. The molecule has 1 aromatic rings. The molecule has 5 atom stereocenters. The second-order valence-electron chi connectivity index (χ2n) is 14.8. The zero-order valence-corrected chi connectivity index (χ0v) is 28.3. The number of nitrogens with one attached hydrogen (secondary N) is 1. The minimum atomic E-state index is -1.01. The van der Waals surface area contributed by atoms with Crippen LogP contribution in [-0.4, -0.2) is 102 Å². The van der Waals surface area contributed by atoms with Crippen molar-refractivity contribution in [3.63, 3.8) is 0 Å². The van der Waals surface area contributed by atoms with Gasteiger partial charge in [-0.25, -0.2) is 14.4 Å². The SMILES string of the molecule is CC1(C)COC(=O)[C@@H]1OC(=O)C=Cc1cccc(C(=O)O[C@@H]2CC(C(=O)N3CCC[C@@H]3C(=O)NCCO)=C[C@H]3OC(C4CC4)(C4CC4)O[C@H]32)c1. The van der Waals surface area contributed by atoms with E-state index in [0.717, 1.165) is 25.7 Å². The number of amides is 2. The number of hydrogen-bond acceptors (Lipinski definition) is 11. The fraction of sp³-hybridized carbons (Fsp3) is 0.595. The van der Waals surface area contributed by atoms with Gasteiger partial charge in [0.05, 0.1) is 12.2 Å². The Morgan fingerprint density at radius 2 is 1.82 bits per heavy atom. The first-order valence-electron chi connectivity index (χ1n) is 17.6. The van der Waals surface area contributed by atoms with Gasteiger partial charge in [0.15, 0.2) is 5.79 Å². The minimum absolute atomic E-state index is 0.0907. The van der Waals surface area contributed by atoms with Gasteiger partial charge in [-0.3, -0.25) is 9.59 Å². The van der Waals surface area contributed by atoms with Crippen molar-refractivity contribution in [1.29, 1.82) is 0 Å². The molecule has 13 heteroatoms. The van der Waals surface area contributed by atoms with Gasteiger partial charge in [-0.15, -0.1) is 0 Å². The van der Waals surface area contributed by atoms with Crippen LogP contribution in [-0.2, 0) is 42.9 Å². The number of nitrogens with zero attached hydrogens (tertiary/aromatic N) is 1. The first kappa shape index (κ1) is 34.4. The Morgan fingerprint density at radius 3 is 2.50 bits per heavy atom. The fourth-order valence-electron chi connectivity index (χ4n) is 7.55. The van der Waals surface area contributed by atoms with Gasteiger partial charge in [0, 0.05) is 48.4 Å². The number of rotatable bonds is 11. The van der Waals surface area contributed by atoms with Crippen LogP contribution in [0.25, 0.3) is 6.08 Å². The molecular formula is C37H44N2O11. The van der Waals surface area contributed by atoms with Crippen molar-refractivity contribution in [3.8, 4) is 0 Å². The molecule has 0 aromatic heterocycles. The van der Waals surface area contributed by atoms with Crippen molar-refractivity contribution in [1.82, 2.24) is 10.2 Å². The lowest BCUT2D eigenvalue weighted by atomic mass is 9.90. The predicted molar refractivity (Wildman–Crippen MR) is 175 cm³/mol. The lowest BCUT2D eigenvalue weighted by Crippen LogP contribution is -2.49. The van der Waals surface area contributed by atoms with Gasteiger partial charge in [0.1, 0.15) is 31.0 Å². The molecule has 6 aliphatic rings. The van der Waals surface area contributed by atoms with Crippen LogP contribution in [0.5, 0.6) is 0 Å². The zero-order valence-electron chi connectivity index (χ0n) is 28.3. The number of hydrogen-bond donors (Lipinski definition) is 2. The monoisotopic (exact) mass is 692 g/mol. The number of ether oxygens (including phenoxy) is 5. The highest BCUT2D eigenvalue weighted by atomic mass is 16.8. The normalized spacial score (nSPS) is 29.7. The van der Waals surface area contributed by atoms with Crippen LogP contribution >= 0.6 is 0 Å². The maximum Gasteiger partial charge on any atom is 0.348 e. The van der Waals surface area contributed by atoms with Crippen molar-refractivity contribution < 1.29 is 52.8 Å². The van der Waals surface area contributed by atoms with Crippen molar-refractivity contribution in [2.24, 2.45) is 17.3 Å². The van der Waals surface area contributed by atoms with Crippen LogP contribution in [0.15, 0.2) is 42.0 Å². The summed E-state index contributed by atoms with van der Waals surface area (Å²) in [4.78, 5) is 66.6. The Labute approximate surface area is 290 Å². The topological polar surface area (TPSA) is 167 Å². The molecule has 3 saturated heterocycles. The number of benzene rings is 1. The molecule has 3 aliphatic carbocycles. The summed E-state index contributed by atoms with van der Waals surface area (Å²) < 4.78 is 29.9. The molecule has 1 aromatic carbocycles. The van der Waals surface area contributed by atoms with Crippen molar-refractivity contribution >= 4 is 35.8 Å². The van der Waals surface area contributed by atoms with Gasteiger partial charge in [-0.05, 0) is 68.4 Å². The van der Waals surface area contributed by atoms with Gasteiger partial charge >= 0.3 is 17.9 Å². The summed E-state index contributed by atoms with van der Waals surface area (Å²) in [7, 11) is 0. The molecule has 3 heterocycles. The van der Waals surface area contributed by atoms with Gasteiger partial charge in [0.2, 0.25) is 17.9 Å². The smallest absolute Gasteiger partial charge is 0.348 e. The third kappa shape index (κ3) is 6.82. The second-order valence-corrected chi connectivity index (χ2v) is 14.8. The highest BCUT2D eigenvalue weighted by molar-refractivity contribution is 5.98. The average Bonchev–Trinajstić information content (AvgIpc) is 4.04. The maximum absolute atomic E-state index is 14.0. The lowest BCUT2D eigenvalue weighted by Gasteiger charge is -2.33. The van der Waals surface area contributed by atoms with Crippen molar-refractivity contribution in [2.45, 2.75) is 95.0 Å². The molecule has 7 rings (SSSR count). The molecule has 0 spiro atoms. The van der Waals surface area contributed by atoms with E-state index in [9.17, 15) is 24.0 Å². The zero-order chi connectivity index (χ0) is 35.2. The molecule has 13 nitrogen and oxygen atoms in total. The summed E-state index contributed by atoms with van der Waals surface area (Å²) in [5.74, 6) is -2.80. The van der Waals surface area contributed by atoms with Crippen molar-refractivity contribution in [2.75, 3.05) is 26.3 Å². The van der Waals surface area contributed by atoms with Crippen LogP contribution in [0.4, 0.5) is 0 Å². The summed E-state index contributed by atoms with van der Waals surface area (Å²) in [5, 5.41) is 11.8. The van der Waals surface area contributed by atoms with Crippen LogP contribution in [0, 0.1) is 17.3 Å². The molecule has 2 saturated carbocycles. The van der Waals surface area contributed by atoms with E-state index < -0.39 is 59.6 Å². The summed E-state index contributed by atoms with van der Waals surface area (Å²) in [6, 6.07) is 5.89. The number of cyclic esters (lactones) is 1. The van der Waals surface area contributed by atoms with Crippen LogP contribution < -0.4 is 5.32 Å². The molecule has 2 N–H and O–H groups in total. The third-order valence-electron chi connectivity index (χ3n) is 10.4. The molecule has 0 bridgehead atoms. The summed E-state index contributed by atoms with van der Waals surface area (Å²) in [5.41, 5.74) is 0.526. The van der Waals surface area contributed by atoms with Gasteiger partial charge in [-0.1, -0.05) is 26.0 Å². The maximum atomic E-state index is 14.0. The van der Waals surface area contributed by atoms with Crippen LogP contribution in [0.2, 0.25) is 0 Å². The number of fused-ring (bicyclic) bond motifs is 1. The van der Waals surface area contributed by atoms with Crippen LogP contribution in [0.1, 0.15) is 74.7 Å². The van der Waals surface area contributed by atoms with E-state index in [1.54, 1.807) is 49.1 Å². The Hall–Kier alpha value is -4.07. The fourth-order valence-corrected chi connectivity index (χ4v) is 7.55. The molecule has 268 valence electrons. The number of aliphatic hydroxyl groups is 1. The molecule has 50 heavy (non-hydrogen) atoms. The Kier molecular flexibility index (Phi) is 9.33. The predicted octanol–water partition coefficient (Wildman–Crippen LogP) is 2.45. The number of esters is 3. The molecule has 3 aliphatic heterocycles. The van der Waals surface area contributed by atoms with E-state index in [2.05, 4.69) is 5.32 Å². The highest BCUT2D eigenvalue weighted by Gasteiger charge is 2.64. The van der Waals surface area contributed by atoms with Crippen LogP contribution in [0.3, 0.4) is 0 Å². The summed E-state index contributed by atoms with van der Waals surface area (Å²) in [6.45, 7) is 4.03. The Morgan fingerprint density at radius 1 is 1.06 bits per heavy atom.